The van der Waals surface area contributed by atoms with Gasteiger partial charge in [-0.25, -0.2) is 0 Å². The summed E-state index contributed by atoms with van der Waals surface area (Å²) in [6, 6.07) is 10.7. The van der Waals surface area contributed by atoms with E-state index in [1.165, 1.54) is 37.7 Å². The van der Waals surface area contributed by atoms with Crippen LogP contribution in [0.25, 0.3) is 0 Å². The molecule has 1 aromatic carbocycles. The molecule has 0 heterocycles. The summed E-state index contributed by atoms with van der Waals surface area (Å²) in [5.41, 5.74) is 1.44. The van der Waals surface area contributed by atoms with Crippen LogP contribution in [0.15, 0.2) is 42.5 Å². The molecule has 0 saturated carbocycles. The van der Waals surface area contributed by atoms with Crippen molar-refractivity contribution >= 4 is 5.91 Å². The third kappa shape index (κ3) is 7.78. The number of benzene rings is 1. The summed E-state index contributed by atoms with van der Waals surface area (Å²) in [6.45, 7) is 2.32. The van der Waals surface area contributed by atoms with E-state index in [2.05, 4.69) is 42.5 Å². The molecule has 1 aromatic rings. The molecule has 0 aliphatic rings. The molecule has 0 aromatic heterocycles. The van der Waals surface area contributed by atoms with Crippen molar-refractivity contribution in [3.63, 3.8) is 0 Å². The molecule has 0 bridgehead atoms. The van der Waals surface area contributed by atoms with Gasteiger partial charge in [0.15, 0.2) is 0 Å². The van der Waals surface area contributed by atoms with Crippen molar-refractivity contribution in [1.29, 1.82) is 0 Å². The predicted octanol–water partition coefficient (Wildman–Crippen LogP) is 4.21. The number of hydrogen-bond acceptors (Lipinski definition) is 1. The smallest absolute Gasteiger partial charge is 0.219 e. The first-order valence-electron chi connectivity index (χ1n) is 7.61. The van der Waals surface area contributed by atoms with Crippen molar-refractivity contribution < 1.29 is 4.79 Å². The largest absolute Gasteiger partial charge is 0.342 e. The zero-order valence-electron chi connectivity index (χ0n) is 12.8. The van der Waals surface area contributed by atoms with Gasteiger partial charge in [-0.3, -0.25) is 4.79 Å². The molecule has 0 N–H and O–H groups in total. The second-order valence-corrected chi connectivity index (χ2v) is 5.31. The van der Waals surface area contributed by atoms with Crippen LogP contribution < -0.4 is 0 Å². The van der Waals surface area contributed by atoms with Crippen LogP contribution in [0, 0.1) is 0 Å². The molecule has 2 heteroatoms. The van der Waals surface area contributed by atoms with E-state index in [0.29, 0.717) is 0 Å². The Kier molecular flexibility index (Phi) is 8.44. The zero-order valence-corrected chi connectivity index (χ0v) is 12.8. The Hall–Kier alpha value is -1.57. The van der Waals surface area contributed by atoms with Crippen LogP contribution >= 0.6 is 0 Å². The molecule has 0 radical (unpaired) electrons. The minimum absolute atomic E-state index is 0.121. The molecule has 0 spiro atoms. The van der Waals surface area contributed by atoms with Gasteiger partial charge in [-0.15, -0.1) is 0 Å². The third-order valence-electron chi connectivity index (χ3n) is 3.51. The van der Waals surface area contributed by atoms with Gasteiger partial charge in [0.05, 0.1) is 0 Å². The number of likely N-dealkylation sites (N-methyl/N-ethyl adjacent to an activating group) is 1. The summed E-state index contributed by atoms with van der Waals surface area (Å²) >= 11 is 0. The van der Waals surface area contributed by atoms with Crippen LogP contribution in [0.3, 0.4) is 0 Å². The van der Waals surface area contributed by atoms with E-state index in [-0.39, 0.29) is 5.91 Å². The summed E-state index contributed by atoms with van der Waals surface area (Å²) in [5, 5.41) is 0. The van der Waals surface area contributed by atoms with E-state index >= 15 is 0 Å². The maximum absolute atomic E-state index is 11.0. The van der Waals surface area contributed by atoms with Crippen LogP contribution in [0.5, 0.6) is 0 Å². The maximum atomic E-state index is 11.0. The molecule has 1 amide bonds. The Labute approximate surface area is 123 Å². The van der Waals surface area contributed by atoms with Gasteiger partial charge < -0.3 is 4.90 Å². The number of carbonyl (C=O) groups excluding carboxylic acids is 1. The van der Waals surface area contributed by atoms with Gasteiger partial charge in [0.2, 0.25) is 5.91 Å². The van der Waals surface area contributed by atoms with Gasteiger partial charge in [-0.05, 0) is 31.2 Å². The molecule has 110 valence electrons. The lowest BCUT2D eigenvalue weighted by Crippen LogP contribution is -2.23. The Morgan fingerprint density at radius 3 is 2.45 bits per heavy atom. The van der Waals surface area contributed by atoms with Crippen LogP contribution in [-0.2, 0) is 11.2 Å². The minimum Gasteiger partial charge on any atom is -0.342 e. The highest BCUT2D eigenvalue weighted by molar-refractivity contribution is 5.72. The van der Waals surface area contributed by atoms with Crippen molar-refractivity contribution in [1.82, 2.24) is 4.90 Å². The third-order valence-corrected chi connectivity index (χ3v) is 3.51. The molecule has 20 heavy (non-hydrogen) atoms. The molecule has 1 rings (SSSR count). The van der Waals surface area contributed by atoms with Crippen LogP contribution in [0.1, 0.15) is 44.6 Å². The highest BCUT2D eigenvalue weighted by Gasteiger charge is 1.97. The standard InChI is InChI=1S/C18H27NO/c1-17(20)19(2)16-12-7-5-3-4-6-9-13-18-14-10-8-11-15-18/h7-8,10-12,14-15H,3-6,9,13,16H2,1-2H3/b12-7+. The number of unbranched alkanes of at least 4 members (excludes halogenated alkanes) is 4. The molecule has 2 nitrogen and oxygen atoms in total. The van der Waals surface area contributed by atoms with Gasteiger partial charge in [-0.1, -0.05) is 55.3 Å². The summed E-state index contributed by atoms with van der Waals surface area (Å²) < 4.78 is 0. The minimum atomic E-state index is 0.121. The average molecular weight is 273 g/mol. The number of rotatable bonds is 9. The lowest BCUT2D eigenvalue weighted by atomic mass is 10.1. The highest BCUT2D eigenvalue weighted by Crippen LogP contribution is 2.09. The maximum Gasteiger partial charge on any atom is 0.219 e. The summed E-state index contributed by atoms with van der Waals surface area (Å²) in [6.07, 6.45) is 11.7. The SMILES string of the molecule is CC(=O)N(C)C/C=C/CCCCCCc1ccccc1. The number of carbonyl (C=O) groups is 1. The van der Waals surface area contributed by atoms with E-state index < -0.39 is 0 Å². The summed E-state index contributed by atoms with van der Waals surface area (Å²) in [5.74, 6) is 0.121. The van der Waals surface area contributed by atoms with Crippen LogP contribution in [0.2, 0.25) is 0 Å². The van der Waals surface area contributed by atoms with Crippen molar-refractivity contribution in [2.45, 2.75) is 45.4 Å². The fourth-order valence-electron chi connectivity index (χ4n) is 2.07. The van der Waals surface area contributed by atoms with Gasteiger partial charge in [0.25, 0.3) is 0 Å². The van der Waals surface area contributed by atoms with E-state index in [0.717, 1.165) is 13.0 Å². The molecule has 0 aliphatic carbocycles. The molecule has 0 fully saturated rings. The first-order valence-corrected chi connectivity index (χ1v) is 7.61. The normalized spacial score (nSPS) is 10.9. The summed E-state index contributed by atoms with van der Waals surface area (Å²) in [4.78, 5) is 12.7. The topological polar surface area (TPSA) is 20.3 Å². The molecule has 0 saturated heterocycles. The van der Waals surface area contributed by atoms with Crippen molar-refractivity contribution in [2.75, 3.05) is 13.6 Å². The molecule has 0 atom stereocenters. The zero-order chi connectivity index (χ0) is 14.6. The van der Waals surface area contributed by atoms with Gasteiger partial charge in [0, 0.05) is 20.5 Å². The van der Waals surface area contributed by atoms with E-state index in [1.54, 1.807) is 11.8 Å². The van der Waals surface area contributed by atoms with Gasteiger partial charge in [-0.2, -0.15) is 0 Å². The molecular weight excluding hydrogens is 246 g/mol. The van der Waals surface area contributed by atoms with E-state index in [4.69, 9.17) is 0 Å². The lowest BCUT2D eigenvalue weighted by Gasteiger charge is -2.10. The quantitative estimate of drug-likeness (QED) is 0.487. The number of hydrogen-bond donors (Lipinski definition) is 0. The Morgan fingerprint density at radius 2 is 1.75 bits per heavy atom. The van der Waals surface area contributed by atoms with E-state index in [9.17, 15) is 4.79 Å². The van der Waals surface area contributed by atoms with E-state index in [1.807, 2.05) is 7.05 Å². The Bertz CT molecular complexity index is 397. The molecule has 0 aliphatic heterocycles. The van der Waals surface area contributed by atoms with Gasteiger partial charge in [0.1, 0.15) is 0 Å². The number of allylic oxidation sites excluding steroid dienone is 1. The first-order chi connectivity index (χ1) is 9.70. The number of amides is 1. The van der Waals surface area contributed by atoms with Crippen LogP contribution in [0.4, 0.5) is 0 Å². The average Bonchev–Trinajstić information content (AvgIpc) is 2.46. The fraction of sp³-hybridized carbons (Fsp3) is 0.500. The predicted molar refractivity (Wildman–Crippen MR) is 85.7 cm³/mol. The van der Waals surface area contributed by atoms with Crippen molar-refractivity contribution in [3.05, 3.63) is 48.0 Å². The first kappa shape index (κ1) is 16.5. The van der Waals surface area contributed by atoms with Crippen molar-refractivity contribution in [3.8, 4) is 0 Å². The highest BCUT2D eigenvalue weighted by atomic mass is 16.2. The monoisotopic (exact) mass is 273 g/mol. The molecule has 0 unspecified atom stereocenters. The number of nitrogens with zero attached hydrogens (tertiary/aromatic N) is 1. The molecular formula is C18H27NO. The second-order valence-electron chi connectivity index (χ2n) is 5.31. The Balaban J connectivity index is 1.95. The number of aryl methyl sites for hydroxylation is 1. The lowest BCUT2D eigenvalue weighted by molar-refractivity contribution is -0.127. The summed E-state index contributed by atoms with van der Waals surface area (Å²) in [7, 11) is 1.83. The van der Waals surface area contributed by atoms with Crippen molar-refractivity contribution in [2.24, 2.45) is 0 Å². The fourth-order valence-corrected chi connectivity index (χ4v) is 2.07. The van der Waals surface area contributed by atoms with Gasteiger partial charge >= 0.3 is 0 Å². The Morgan fingerprint density at radius 1 is 1.05 bits per heavy atom. The van der Waals surface area contributed by atoms with Crippen LogP contribution in [-0.4, -0.2) is 24.4 Å². The second kappa shape index (κ2) is 10.2.